The number of amides is 1. The first-order valence-corrected chi connectivity index (χ1v) is 10.1. The van der Waals surface area contributed by atoms with Crippen LogP contribution < -0.4 is 4.74 Å². The summed E-state index contributed by atoms with van der Waals surface area (Å²) in [6.07, 6.45) is 2.48. The molecule has 1 N–H and O–H groups in total. The Labute approximate surface area is 175 Å². The molecule has 0 fully saturated rings. The summed E-state index contributed by atoms with van der Waals surface area (Å²) in [5.41, 5.74) is 5.95. The maximum atomic E-state index is 13.8. The van der Waals surface area contributed by atoms with Gasteiger partial charge in [-0.15, -0.1) is 0 Å². The number of fused-ring (bicyclic) bond motifs is 2. The van der Waals surface area contributed by atoms with Gasteiger partial charge in [0.2, 0.25) is 0 Å². The largest absolute Gasteiger partial charge is 0.497 e. The molecule has 0 bridgehead atoms. The second-order valence-corrected chi connectivity index (χ2v) is 7.84. The first-order chi connectivity index (χ1) is 14.6. The van der Waals surface area contributed by atoms with Gasteiger partial charge in [0.25, 0.3) is 5.91 Å². The molecule has 1 aliphatic heterocycles. The van der Waals surface area contributed by atoms with Crippen LogP contribution in [0.1, 0.15) is 39.0 Å². The quantitative estimate of drug-likeness (QED) is 0.565. The van der Waals surface area contributed by atoms with E-state index in [1.807, 2.05) is 46.8 Å². The molecular formula is C24H24N4O2. The summed E-state index contributed by atoms with van der Waals surface area (Å²) in [5.74, 6) is 0.805. The van der Waals surface area contributed by atoms with Crippen LogP contribution in [0, 0.1) is 6.92 Å². The van der Waals surface area contributed by atoms with Gasteiger partial charge < -0.3 is 19.2 Å². The summed E-state index contributed by atoms with van der Waals surface area (Å²) >= 11 is 0. The van der Waals surface area contributed by atoms with Crippen LogP contribution in [-0.4, -0.2) is 39.0 Å². The van der Waals surface area contributed by atoms with Gasteiger partial charge in [0.1, 0.15) is 17.5 Å². The van der Waals surface area contributed by atoms with Crippen LogP contribution in [0.2, 0.25) is 0 Å². The average Bonchev–Trinajstić information content (AvgIpc) is 3.37. The maximum absolute atomic E-state index is 13.8. The predicted octanol–water partition coefficient (Wildman–Crippen LogP) is 4.01. The number of benzene rings is 2. The normalized spacial score (nSPS) is 16.0. The van der Waals surface area contributed by atoms with Crippen molar-refractivity contribution in [3.05, 3.63) is 83.1 Å². The van der Waals surface area contributed by atoms with Gasteiger partial charge in [0.05, 0.1) is 19.1 Å². The fourth-order valence-electron chi connectivity index (χ4n) is 4.44. The van der Waals surface area contributed by atoms with Crippen LogP contribution in [0.4, 0.5) is 0 Å². The van der Waals surface area contributed by atoms with Gasteiger partial charge in [-0.3, -0.25) is 4.79 Å². The Morgan fingerprint density at radius 2 is 1.97 bits per heavy atom. The van der Waals surface area contributed by atoms with Crippen molar-refractivity contribution >= 4 is 16.8 Å². The van der Waals surface area contributed by atoms with Gasteiger partial charge in [-0.25, -0.2) is 4.98 Å². The molecule has 6 nitrogen and oxygen atoms in total. The van der Waals surface area contributed by atoms with Gasteiger partial charge in [-0.1, -0.05) is 23.8 Å². The maximum Gasteiger partial charge on any atom is 0.271 e. The number of rotatable bonds is 3. The van der Waals surface area contributed by atoms with E-state index >= 15 is 0 Å². The molecule has 2 aromatic carbocycles. The van der Waals surface area contributed by atoms with Crippen molar-refractivity contribution in [2.24, 2.45) is 7.05 Å². The molecule has 0 saturated carbocycles. The number of H-pyrrole nitrogens is 1. The highest BCUT2D eigenvalue weighted by Crippen LogP contribution is 2.35. The fraction of sp³-hybridized carbons (Fsp3) is 0.250. The number of imidazole rings is 1. The van der Waals surface area contributed by atoms with Crippen molar-refractivity contribution in [3.63, 3.8) is 0 Å². The lowest BCUT2D eigenvalue weighted by Crippen LogP contribution is -2.41. The van der Waals surface area contributed by atoms with Crippen molar-refractivity contribution in [3.8, 4) is 5.75 Å². The lowest BCUT2D eigenvalue weighted by atomic mass is 9.95. The van der Waals surface area contributed by atoms with E-state index < -0.39 is 0 Å². The van der Waals surface area contributed by atoms with Gasteiger partial charge in [-0.05, 0) is 42.8 Å². The molecule has 0 aliphatic carbocycles. The molecule has 5 rings (SSSR count). The van der Waals surface area contributed by atoms with Gasteiger partial charge >= 0.3 is 0 Å². The molecule has 1 amide bonds. The van der Waals surface area contributed by atoms with E-state index in [-0.39, 0.29) is 11.9 Å². The Bertz CT molecular complexity index is 1240. The van der Waals surface area contributed by atoms with Crippen LogP contribution in [-0.2, 0) is 13.5 Å². The summed E-state index contributed by atoms with van der Waals surface area (Å²) in [6, 6.07) is 15.9. The standard InChI is InChI=1S/C24H24N4O2/c1-15-4-9-20-17(12-15)13-21(27(20)2)24(29)28-11-10-19-22(26-14-25-19)23(28)16-5-7-18(30-3)8-6-16/h4-9,12-14,23H,10-11H2,1-3H3,(H,25,26)/t23-/m1/s1. The Kier molecular flexibility index (Phi) is 4.35. The molecule has 1 aliphatic rings. The van der Waals surface area contributed by atoms with E-state index in [0.717, 1.165) is 40.0 Å². The third kappa shape index (κ3) is 2.87. The molecule has 0 spiro atoms. The van der Waals surface area contributed by atoms with Crippen LogP contribution in [0.15, 0.2) is 54.9 Å². The summed E-state index contributed by atoms with van der Waals surface area (Å²) in [7, 11) is 3.61. The Hall–Kier alpha value is -3.54. The fourth-order valence-corrected chi connectivity index (χ4v) is 4.44. The number of nitrogens with one attached hydrogen (secondary N) is 1. The molecule has 1 atom stereocenters. The van der Waals surface area contributed by atoms with Crippen LogP contribution >= 0.6 is 0 Å². The first kappa shape index (κ1) is 18.5. The summed E-state index contributed by atoms with van der Waals surface area (Å²) in [6.45, 7) is 2.70. The molecule has 152 valence electrons. The van der Waals surface area contributed by atoms with E-state index in [0.29, 0.717) is 12.2 Å². The van der Waals surface area contributed by atoms with E-state index in [1.54, 1.807) is 13.4 Å². The Morgan fingerprint density at radius 1 is 1.17 bits per heavy atom. The number of aromatic amines is 1. The van der Waals surface area contributed by atoms with E-state index in [1.165, 1.54) is 5.56 Å². The third-order valence-electron chi connectivity index (χ3n) is 6.03. The highest BCUT2D eigenvalue weighted by atomic mass is 16.5. The van der Waals surface area contributed by atoms with Gasteiger partial charge in [0.15, 0.2) is 0 Å². The van der Waals surface area contributed by atoms with Crippen molar-refractivity contribution in [1.82, 2.24) is 19.4 Å². The second-order valence-electron chi connectivity index (χ2n) is 7.84. The monoisotopic (exact) mass is 400 g/mol. The number of ether oxygens (including phenoxy) is 1. The lowest BCUT2D eigenvalue weighted by Gasteiger charge is -2.35. The molecular weight excluding hydrogens is 376 g/mol. The van der Waals surface area contributed by atoms with E-state index in [9.17, 15) is 4.79 Å². The minimum Gasteiger partial charge on any atom is -0.497 e. The molecule has 3 heterocycles. The van der Waals surface area contributed by atoms with Crippen molar-refractivity contribution < 1.29 is 9.53 Å². The van der Waals surface area contributed by atoms with E-state index in [4.69, 9.17) is 4.74 Å². The molecule has 30 heavy (non-hydrogen) atoms. The number of aryl methyl sites for hydroxylation is 2. The van der Waals surface area contributed by atoms with E-state index in [2.05, 4.69) is 35.1 Å². The minimum absolute atomic E-state index is 0.0146. The smallest absolute Gasteiger partial charge is 0.271 e. The molecule has 0 unspecified atom stereocenters. The summed E-state index contributed by atoms with van der Waals surface area (Å²) < 4.78 is 7.30. The zero-order valence-corrected chi connectivity index (χ0v) is 17.3. The Balaban J connectivity index is 1.59. The number of hydrogen-bond donors (Lipinski definition) is 1. The van der Waals surface area contributed by atoms with Gasteiger partial charge in [0, 0.05) is 36.6 Å². The average molecular weight is 400 g/mol. The first-order valence-electron chi connectivity index (χ1n) is 10.1. The number of carbonyl (C=O) groups is 1. The third-order valence-corrected chi connectivity index (χ3v) is 6.03. The van der Waals surface area contributed by atoms with Crippen LogP contribution in [0.3, 0.4) is 0 Å². The number of aromatic nitrogens is 3. The molecule has 6 heteroatoms. The van der Waals surface area contributed by atoms with Crippen molar-refractivity contribution in [2.45, 2.75) is 19.4 Å². The van der Waals surface area contributed by atoms with Crippen LogP contribution in [0.25, 0.3) is 10.9 Å². The van der Waals surface area contributed by atoms with Crippen LogP contribution in [0.5, 0.6) is 5.75 Å². The molecule has 2 aromatic heterocycles. The zero-order chi connectivity index (χ0) is 20.8. The molecule has 0 saturated heterocycles. The highest BCUT2D eigenvalue weighted by Gasteiger charge is 2.35. The second kappa shape index (κ2) is 7.06. The Morgan fingerprint density at radius 3 is 2.73 bits per heavy atom. The number of nitrogens with zero attached hydrogens (tertiary/aromatic N) is 3. The number of methoxy groups -OCH3 is 1. The zero-order valence-electron chi connectivity index (χ0n) is 17.3. The van der Waals surface area contributed by atoms with Crippen molar-refractivity contribution in [2.75, 3.05) is 13.7 Å². The molecule has 0 radical (unpaired) electrons. The molecule has 4 aromatic rings. The number of hydrogen-bond acceptors (Lipinski definition) is 3. The summed E-state index contributed by atoms with van der Waals surface area (Å²) in [5, 5.41) is 1.08. The highest BCUT2D eigenvalue weighted by molar-refractivity contribution is 5.99. The number of carbonyl (C=O) groups excluding carboxylic acids is 1. The van der Waals surface area contributed by atoms with Gasteiger partial charge in [-0.2, -0.15) is 0 Å². The lowest BCUT2D eigenvalue weighted by molar-refractivity contribution is 0.0681. The minimum atomic E-state index is -0.238. The topological polar surface area (TPSA) is 63.1 Å². The summed E-state index contributed by atoms with van der Waals surface area (Å²) in [4.78, 5) is 23.5. The predicted molar refractivity (Wildman–Crippen MR) is 116 cm³/mol. The van der Waals surface area contributed by atoms with Crippen molar-refractivity contribution in [1.29, 1.82) is 0 Å². The SMILES string of the molecule is COc1ccc([C@@H]2c3nc[nH]c3CCN2C(=O)c2cc3cc(C)ccc3n2C)cc1.